The number of anilines is 2. The molecule has 0 heterocycles. The number of amides is 1. The number of nitrogens with one attached hydrogen (secondary N) is 2. The van der Waals surface area contributed by atoms with Crippen molar-refractivity contribution >= 4 is 23.2 Å². The number of nitro groups is 1. The van der Waals surface area contributed by atoms with Gasteiger partial charge in [-0.3, -0.25) is 10.1 Å². The van der Waals surface area contributed by atoms with Crippen LogP contribution in [-0.4, -0.2) is 16.1 Å². The van der Waals surface area contributed by atoms with Crippen molar-refractivity contribution in [3.63, 3.8) is 0 Å². The normalized spacial score (nSPS) is 9.90. The van der Waals surface area contributed by atoms with E-state index in [1.165, 1.54) is 6.07 Å². The zero-order valence-electron chi connectivity index (χ0n) is 10.9. The van der Waals surface area contributed by atoms with Crippen molar-refractivity contribution in [3.05, 3.63) is 64.2 Å². The average Bonchev–Trinajstić information content (AvgIpc) is 2.47. The molecule has 0 radical (unpaired) electrons. The monoisotopic (exact) mass is 287 g/mol. The minimum Gasteiger partial charge on any atom is -0.465 e. The topological polar surface area (TPSA) is 104 Å². The molecule has 2 aromatic carbocycles. The highest BCUT2D eigenvalue weighted by molar-refractivity contribution is 5.69. The molecule has 1 amide bonds. The summed E-state index contributed by atoms with van der Waals surface area (Å²) in [4.78, 5) is 20.9. The van der Waals surface area contributed by atoms with Gasteiger partial charge in [0.05, 0.1) is 4.92 Å². The lowest BCUT2D eigenvalue weighted by molar-refractivity contribution is -0.383. The van der Waals surface area contributed by atoms with Crippen molar-refractivity contribution in [2.45, 2.75) is 6.54 Å². The molecular formula is C14H13N3O4. The molecule has 7 nitrogen and oxygen atoms in total. The number of nitrogens with zero attached hydrogens (tertiary/aromatic N) is 1. The molecule has 2 aromatic rings. The Morgan fingerprint density at radius 2 is 1.81 bits per heavy atom. The number of rotatable bonds is 5. The lowest BCUT2D eigenvalue weighted by atomic mass is 10.2. The highest BCUT2D eigenvalue weighted by Crippen LogP contribution is 2.26. The van der Waals surface area contributed by atoms with E-state index in [-0.39, 0.29) is 12.2 Å². The van der Waals surface area contributed by atoms with E-state index < -0.39 is 11.0 Å². The molecule has 0 saturated carbocycles. The van der Waals surface area contributed by atoms with Crippen LogP contribution < -0.4 is 10.6 Å². The first-order chi connectivity index (χ1) is 10.1. The van der Waals surface area contributed by atoms with E-state index in [1.807, 2.05) is 0 Å². The fourth-order valence-electron chi connectivity index (χ4n) is 1.78. The first kappa shape index (κ1) is 14.3. The minimum atomic E-state index is -1.09. The quantitative estimate of drug-likeness (QED) is 0.579. The Morgan fingerprint density at radius 1 is 1.14 bits per heavy atom. The Labute approximate surface area is 120 Å². The zero-order chi connectivity index (χ0) is 15.2. The van der Waals surface area contributed by atoms with E-state index in [0.717, 1.165) is 5.56 Å². The van der Waals surface area contributed by atoms with Crippen LogP contribution in [0.2, 0.25) is 0 Å². The van der Waals surface area contributed by atoms with Crippen LogP contribution in [0.15, 0.2) is 48.5 Å². The molecule has 21 heavy (non-hydrogen) atoms. The van der Waals surface area contributed by atoms with Crippen molar-refractivity contribution in [2.75, 3.05) is 5.32 Å². The molecule has 0 atom stereocenters. The number of carbonyl (C=O) groups is 1. The second kappa shape index (κ2) is 6.38. The fraction of sp³-hybridized carbons (Fsp3) is 0.0714. The fourth-order valence-corrected chi connectivity index (χ4v) is 1.78. The number of hydrogen-bond donors (Lipinski definition) is 3. The van der Waals surface area contributed by atoms with Crippen LogP contribution in [0.1, 0.15) is 5.56 Å². The first-order valence-electron chi connectivity index (χ1n) is 6.12. The standard InChI is InChI=1S/C14H13N3O4/c18-14(19)15-9-10-5-7-11(8-6-10)16-12-3-1-2-4-13(12)17(20)21/h1-8,15-16H,9H2,(H,18,19). The SMILES string of the molecule is O=C(O)NCc1ccc(Nc2ccccc2[N+](=O)[O-])cc1. The van der Waals surface area contributed by atoms with Gasteiger partial charge in [0.1, 0.15) is 5.69 Å². The Balaban J connectivity index is 2.10. The molecule has 0 aliphatic heterocycles. The van der Waals surface area contributed by atoms with Crippen LogP contribution >= 0.6 is 0 Å². The number of carboxylic acid groups (broad SMARTS) is 1. The third-order valence-electron chi connectivity index (χ3n) is 2.78. The van der Waals surface area contributed by atoms with Gasteiger partial charge in [0.25, 0.3) is 5.69 Å². The highest BCUT2D eigenvalue weighted by atomic mass is 16.6. The van der Waals surface area contributed by atoms with Gasteiger partial charge in [-0.2, -0.15) is 0 Å². The second-order valence-corrected chi connectivity index (χ2v) is 4.25. The lowest BCUT2D eigenvalue weighted by Crippen LogP contribution is -2.19. The van der Waals surface area contributed by atoms with E-state index in [2.05, 4.69) is 10.6 Å². The molecule has 0 unspecified atom stereocenters. The van der Waals surface area contributed by atoms with Gasteiger partial charge in [-0.05, 0) is 23.8 Å². The lowest BCUT2D eigenvalue weighted by Gasteiger charge is -2.08. The van der Waals surface area contributed by atoms with Crippen molar-refractivity contribution in [2.24, 2.45) is 0 Å². The van der Waals surface area contributed by atoms with Gasteiger partial charge in [-0.25, -0.2) is 4.79 Å². The number of hydrogen-bond acceptors (Lipinski definition) is 4. The Morgan fingerprint density at radius 3 is 2.43 bits per heavy atom. The molecule has 2 rings (SSSR count). The van der Waals surface area contributed by atoms with E-state index in [1.54, 1.807) is 42.5 Å². The van der Waals surface area contributed by atoms with E-state index in [4.69, 9.17) is 5.11 Å². The minimum absolute atomic E-state index is 0.00544. The smallest absolute Gasteiger partial charge is 0.404 e. The first-order valence-corrected chi connectivity index (χ1v) is 6.12. The van der Waals surface area contributed by atoms with Crippen LogP contribution in [0.4, 0.5) is 21.9 Å². The van der Waals surface area contributed by atoms with Crippen LogP contribution in [-0.2, 0) is 6.54 Å². The maximum Gasteiger partial charge on any atom is 0.404 e. The Kier molecular flexibility index (Phi) is 4.35. The summed E-state index contributed by atoms with van der Waals surface area (Å²) in [6.07, 6.45) is -1.09. The average molecular weight is 287 g/mol. The molecule has 0 aromatic heterocycles. The summed E-state index contributed by atoms with van der Waals surface area (Å²) in [6, 6.07) is 13.3. The largest absolute Gasteiger partial charge is 0.465 e. The number of benzene rings is 2. The van der Waals surface area contributed by atoms with Crippen LogP contribution in [0.5, 0.6) is 0 Å². The third-order valence-corrected chi connectivity index (χ3v) is 2.78. The number of nitro benzene ring substituents is 1. The van der Waals surface area contributed by atoms with Gasteiger partial charge >= 0.3 is 6.09 Å². The van der Waals surface area contributed by atoms with Crippen LogP contribution in [0.3, 0.4) is 0 Å². The summed E-state index contributed by atoms with van der Waals surface area (Å²) >= 11 is 0. The van der Waals surface area contributed by atoms with E-state index >= 15 is 0 Å². The molecule has 108 valence electrons. The molecule has 0 fully saturated rings. The number of para-hydroxylation sites is 2. The summed E-state index contributed by atoms with van der Waals surface area (Å²) in [5.41, 5.74) is 1.88. The summed E-state index contributed by atoms with van der Waals surface area (Å²) in [5.74, 6) is 0. The Bertz CT molecular complexity index is 656. The van der Waals surface area contributed by atoms with Gasteiger partial charge < -0.3 is 15.7 Å². The summed E-state index contributed by atoms with van der Waals surface area (Å²) < 4.78 is 0. The van der Waals surface area contributed by atoms with Gasteiger partial charge in [-0.15, -0.1) is 0 Å². The molecule has 7 heteroatoms. The molecule has 0 spiro atoms. The second-order valence-electron chi connectivity index (χ2n) is 4.25. The van der Waals surface area contributed by atoms with Gasteiger partial charge in [0.2, 0.25) is 0 Å². The van der Waals surface area contributed by atoms with Crippen molar-refractivity contribution in [1.82, 2.24) is 5.32 Å². The molecule has 0 bridgehead atoms. The Hall–Kier alpha value is -3.09. The molecule has 0 aliphatic carbocycles. The van der Waals surface area contributed by atoms with E-state index in [0.29, 0.717) is 11.4 Å². The van der Waals surface area contributed by atoms with Crippen LogP contribution in [0, 0.1) is 10.1 Å². The molecular weight excluding hydrogens is 274 g/mol. The van der Waals surface area contributed by atoms with Gasteiger partial charge in [-0.1, -0.05) is 24.3 Å². The maximum atomic E-state index is 10.9. The third kappa shape index (κ3) is 3.93. The van der Waals surface area contributed by atoms with Crippen LogP contribution in [0.25, 0.3) is 0 Å². The van der Waals surface area contributed by atoms with Crippen molar-refractivity contribution in [1.29, 1.82) is 0 Å². The van der Waals surface area contributed by atoms with E-state index in [9.17, 15) is 14.9 Å². The van der Waals surface area contributed by atoms with Crippen molar-refractivity contribution in [3.8, 4) is 0 Å². The van der Waals surface area contributed by atoms with Gasteiger partial charge in [0.15, 0.2) is 0 Å². The summed E-state index contributed by atoms with van der Waals surface area (Å²) in [6.45, 7) is 0.209. The predicted octanol–water partition coefficient (Wildman–Crippen LogP) is 3.11. The van der Waals surface area contributed by atoms with Crippen molar-refractivity contribution < 1.29 is 14.8 Å². The summed E-state index contributed by atoms with van der Waals surface area (Å²) in [5, 5.41) is 24.7. The maximum absolute atomic E-state index is 10.9. The molecule has 3 N–H and O–H groups in total. The highest BCUT2D eigenvalue weighted by Gasteiger charge is 2.12. The summed E-state index contributed by atoms with van der Waals surface area (Å²) in [7, 11) is 0. The van der Waals surface area contributed by atoms with Gasteiger partial charge in [0, 0.05) is 18.3 Å². The molecule has 0 aliphatic rings. The predicted molar refractivity (Wildman–Crippen MR) is 77.7 cm³/mol. The molecule has 0 saturated heterocycles. The zero-order valence-corrected chi connectivity index (χ0v) is 10.9.